The molecular weight excluding hydrogens is 448 g/mol. The predicted octanol–water partition coefficient (Wildman–Crippen LogP) is 9.03. The molecule has 0 aromatic heterocycles. The lowest BCUT2D eigenvalue weighted by Crippen LogP contribution is -2.27. The van der Waals surface area contributed by atoms with Crippen LogP contribution in [0.15, 0.2) is 36.5 Å². The number of unbranched alkanes of at least 4 members (excludes halogenated alkanes) is 14. The second kappa shape index (κ2) is 29.8. The van der Waals surface area contributed by atoms with Crippen LogP contribution in [0.1, 0.15) is 136 Å². The Bertz CT molecular complexity index is 538. The van der Waals surface area contributed by atoms with Crippen molar-refractivity contribution < 1.29 is 19.4 Å². The van der Waals surface area contributed by atoms with Gasteiger partial charge in [0.2, 0.25) is 0 Å². The highest BCUT2D eigenvalue weighted by atomic mass is 16.6. The number of carbonyl (C=O) groups is 1. The van der Waals surface area contributed by atoms with Gasteiger partial charge in [-0.3, -0.25) is 4.79 Å². The van der Waals surface area contributed by atoms with Crippen molar-refractivity contribution in [1.29, 1.82) is 0 Å². The van der Waals surface area contributed by atoms with Gasteiger partial charge in [0.1, 0.15) is 6.10 Å². The first kappa shape index (κ1) is 34.6. The van der Waals surface area contributed by atoms with E-state index in [1.165, 1.54) is 96.3 Å². The number of aliphatic hydroxyl groups is 1. The third kappa shape index (κ3) is 27.2. The molecule has 0 aliphatic heterocycles. The molecule has 0 rings (SSSR count). The topological polar surface area (TPSA) is 55.8 Å². The molecular formula is C32H58O4. The number of hydrogen-bond donors (Lipinski definition) is 1. The second-order valence-electron chi connectivity index (χ2n) is 9.78. The lowest BCUT2D eigenvalue weighted by atomic mass is 10.1. The molecule has 0 fully saturated rings. The van der Waals surface area contributed by atoms with E-state index in [4.69, 9.17) is 9.47 Å². The van der Waals surface area contributed by atoms with Crippen molar-refractivity contribution >= 4 is 5.97 Å². The van der Waals surface area contributed by atoms with Crippen LogP contribution in [-0.2, 0) is 14.3 Å². The van der Waals surface area contributed by atoms with Gasteiger partial charge in [0.05, 0.1) is 13.2 Å². The Morgan fingerprint density at radius 1 is 0.667 bits per heavy atom. The van der Waals surface area contributed by atoms with Crippen LogP contribution in [0.25, 0.3) is 0 Å². The summed E-state index contributed by atoms with van der Waals surface area (Å²) in [6.07, 6.45) is 36.5. The van der Waals surface area contributed by atoms with E-state index in [0.29, 0.717) is 13.0 Å². The summed E-state index contributed by atoms with van der Waals surface area (Å²) in [6.45, 7) is 4.78. The quantitative estimate of drug-likeness (QED) is 0.0686. The molecule has 4 heteroatoms. The summed E-state index contributed by atoms with van der Waals surface area (Å²) in [5.74, 6) is -0.292. The largest absolute Gasteiger partial charge is 0.457 e. The SMILES string of the molecule is CCCCCCC/C=C\C/C=C\C/C=C\CCCCCCCCCCCOCC(CO)OC(=O)CC. The number of esters is 1. The van der Waals surface area contributed by atoms with Crippen LogP contribution >= 0.6 is 0 Å². The normalized spacial score (nSPS) is 12.9. The van der Waals surface area contributed by atoms with Crippen LogP contribution < -0.4 is 0 Å². The van der Waals surface area contributed by atoms with Gasteiger partial charge in [0, 0.05) is 13.0 Å². The summed E-state index contributed by atoms with van der Waals surface area (Å²) in [6, 6.07) is 0. The molecule has 0 aliphatic carbocycles. The Balaban J connectivity index is 3.32. The van der Waals surface area contributed by atoms with Crippen molar-refractivity contribution in [2.75, 3.05) is 19.8 Å². The highest BCUT2D eigenvalue weighted by Gasteiger charge is 2.12. The summed E-state index contributed by atoms with van der Waals surface area (Å²) in [7, 11) is 0. The fourth-order valence-electron chi connectivity index (χ4n) is 3.96. The summed E-state index contributed by atoms with van der Waals surface area (Å²) in [5.41, 5.74) is 0. The maximum Gasteiger partial charge on any atom is 0.305 e. The Labute approximate surface area is 223 Å². The van der Waals surface area contributed by atoms with Gasteiger partial charge in [0.25, 0.3) is 0 Å². The molecule has 1 atom stereocenters. The third-order valence-corrected chi connectivity index (χ3v) is 6.27. The van der Waals surface area contributed by atoms with Gasteiger partial charge < -0.3 is 14.6 Å². The summed E-state index contributed by atoms with van der Waals surface area (Å²) < 4.78 is 10.6. The van der Waals surface area contributed by atoms with E-state index < -0.39 is 6.10 Å². The van der Waals surface area contributed by atoms with Crippen molar-refractivity contribution in [1.82, 2.24) is 0 Å². The fraction of sp³-hybridized carbons (Fsp3) is 0.781. The molecule has 210 valence electrons. The predicted molar refractivity (Wildman–Crippen MR) is 154 cm³/mol. The molecule has 0 heterocycles. The number of ether oxygens (including phenoxy) is 2. The van der Waals surface area contributed by atoms with E-state index in [1.54, 1.807) is 6.92 Å². The molecule has 0 saturated heterocycles. The molecule has 0 radical (unpaired) electrons. The first-order valence-electron chi connectivity index (χ1n) is 15.1. The molecule has 0 amide bonds. The van der Waals surface area contributed by atoms with Crippen molar-refractivity contribution in [3.63, 3.8) is 0 Å². The Hall–Kier alpha value is -1.39. The van der Waals surface area contributed by atoms with E-state index in [9.17, 15) is 9.90 Å². The van der Waals surface area contributed by atoms with Gasteiger partial charge in [-0.15, -0.1) is 0 Å². The molecule has 0 spiro atoms. The first-order chi connectivity index (χ1) is 17.7. The summed E-state index contributed by atoms with van der Waals surface area (Å²) in [4.78, 5) is 11.2. The van der Waals surface area contributed by atoms with Gasteiger partial charge in [0.15, 0.2) is 0 Å². The zero-order valence-corrected chi connectivity index (χ0v) is 23.8. The molecule has 0 aromatic carbocycles. The Morgan fingerprint density at radius 2 is 1.14 bits per heavy atom. The standard InChI is InChI=1S/C32H58O4/c1-3-5-6-7-8-9-10-11-12-13-14-15-16-17-18-19-20-21-22-23-24-25-26-27-28-35-30-31(29-33)36-32(34)4-2/h10-11,13-14,16-17,31,33H,3-9,12,15,18-30H2,1-2H3/b11-10-,14-13-,17-16-. The van der Waals surface area contributed by atoms with Crippen molar-refractivity contribution in [2.45, 2.75) is 142 Å². The lowest BCUT2D eigenvalue weighted by molar-refractivity contribution is -0.154. The molecule has 36 heavy (non-hydrogen) atoms. The summed E-state index contributed by atoms with van der Waals surface area (Å²) >= 11 is 0. The van der Waals surface area contributed by atoms with Gasteiger partial charge in [-0.25, -0.2) is 0 Å². The van der Waals surface area contributed by atoms with Crippen LogP contribution in [0.4, 0.5) is 0 Å². The Morgan fingerprint density at radius 3 is 1.64 bits per heavy atom. The molecule has 4 nitrogen and oxygen atoms in total. The fourth-order valence-corrected chi connectivity index (χ4v) is 3.96. The zero-order chi connectivity index (χ0) is 26.4. The monoisotopic (exact) mass is 506 g/mol. The highest BCUT2D eigenvalue weighted by molar-refractivity contribution is 5.69. The van der Waals surface area contributed by atoms with Gasteiger partial charge in [-0.1, -0.05) is 121 Å². The van der Waals surface area contributed by atoms with E-state index in [1.807, 2.05) is 0 Å². The maximum absolute atomic E-state index is 11.2. The molecule has 1 unspecified atom stereocenters. The van der Waals surface area contributed by atoms with Crippen LogP contribution in [-0.4, -0.2) is 37.0 Å². The van der Waals surface area contributed by atoms with E-state index in [-0.39, 0.29) is 19.2 Å². The van der Waals surface area contributed by atoms with Gasteiger partial charge >= 0.3 is 5.97 Å². The van der Waals surface area contributed by atoms with Crippen molar-refractivity contribution in [3.8, 4) is 0 Å². The number of carbonyl (C=O) groups excluding carboxylic acids is 1. The van der Waals surface area contributed by atoms with Crippen molar-refractivity contribution in [2.24, 2.45) is 0 Å². The average Bonchev–Trinajstić information content (AvgIpc) is 2.89. The number of allylic oxidation sites excluding steroid dienone is 6. The van der Waals surface area contributed by atoms with Crippen molar-refractivity contribution in [3.05, 3.63) is 36.5 Å². The van der Waals surface area contributed by atoms with Crippen LogP contribution in [0.2, 0.25) is 0 Å². The van der Waals surface area contributed by atoms with Gasteiger partial charge in [-0.2, -0.15) is 0 Å². The summed E-state index contributed by atoms with van der Waals surface area (Å²) in [5, 5.41) is 9.20. The van der Waals surface area contributed by atoms with Crippen LogP contribution in [0.3, 0.4) is 0 Å². The Kier molecular flexibility index (Phi) is 28.7. The number of hydrogen-bond acceptors (Lipinski definition) is 4. The maximum atomic E-state index is 11.2. The highest BCUT2D eigenvalue weighted by Crippen LogP contribution is 2.11. The number of rotatable bonds is 27. The lowest BCUT2D eigenvalue weighted by Gasteiger charge is -2.15. The molecule has 0 aliphatic rings. The molecule has 0 saturated carbocycles. The number of aliphatic hydroxyl groups excluding tert-OH is 1. The minimum Gasteiger partial charge on any atom is -0.457 e. The van der Waals surface area contributed by atoms with E-state index in [2.05, 4.69) is 43.4 Å². The molecule has 1 N–H and O–H groups in total. The van der Waals surface area contributed by atoms with Crippen LogP contribution in [0, 0.1) is 0 Å². The third-order valence-electron chi connectivity index (χ3n) is 6.27. The molecule has 0 bridgehead atoms. The first-order valence-corrected chi connectivity index (χ1v) is 15.1. The van der Waals surface area contributed by atoms with E-state index in [0.717, 1.165) is 19.3 Å². The zero-order valence-electron chi connectivity index (χ0n) is 23.8. The smallest absolute Gasteiger partial charge is 0.305 e. The minimum absolute atomic E-state index is 0.184. The minimum atomic E-state index is -0.531. The second-order valence-corrected chi connectivity index (χ2v) is 9.78. The van der Waals surface area contributed by atoms with E-state index >= 15 is 0 Å². The molecule has 0 aromatic rings. The van der Waals surface area contributed by atoms with Crippen LogP contribution in [0.5, 0.6) is 0 Å². The van der Waals surface area contributed by atoms with Gasteiger partial charge in [-0.05, 0) is 44.9 Å². The average molecular weight is 507 g/mol.